The van der Waals surface area contributed by atoms with Gasteiger partial charge in [0.15, 0.2) is 6.10 Å². The average Bonchev–Trinajstić information content (AvgIpc) is 2.34. The number of rotatable bonds is 4. The first-order valence-electron chi connectivity index (χ1n) is 5.04. The lowest BCUT2D eigenvalue weighted by molar-refractivity contribution is -0.149. The van der Waals surface area contributed by atoms with E-state index in [1.54, 1.807) is 18.2 Å². The molecule has 0 spiro atoms. The van der Waals surface area contributed by atoms with Gasteiger partial charge in [-0.25, -0.2) is 4.79 Å². The van der Waals surface area contributed by atoms with Gasteiger partial charge >= 0.3 is 5.97 Å². The summed E-state index contributed by atoms with van der Waals surface area (Å²) in [6.45, 7) is -0.235. The second-order valence-electron chi connectivity index (χ2n) is 3.48. The van der Waals surface area contributed by atoms with Crippen molar-refractivity contribution in [2.45, 2.75) is 6.10 Å². The number of aliphatic hydroxyl groups excluding tert-OH is 1. The molecule has 0 aliphatic heterocycles. The van der Waals surface area contributed by atoms with E-state index in [4.69, 9.17) is 5.73 Å². The van der Waals surface area contributed by atoms with E-state index >= 15 is 0 Å². The molecule has 0 aliphatic rings. The first-order valence-corrected chi connectivity index (χ1v) is 5.84. The Morgan fingerprint density at radius 2 is 2.22 bits per heavy atom. The molecule has 1 aromatic carbocycles. The summed E-state index contributed by atoms with van der Waals surface area (Å²) in [5.74, 6) is -1.28. The van der Waals surface area contributed by atoms with Gasteiger partial charge in [-0.3, -0.25) is 4.79 Å². The third kappa shape index (κ3) is 3.71. The highest BCUT2D eigenvalue weighted by atomic mass is 79.9. The molecule has 7 heteroatoms. The number of nitrogens with two attached hydrogens (primary N) is 1. The highest BCUT2D eigenvalue weighted by molar-refractivity contribution is 9.10. The fraction of sp³-hybridized carbons (Fsp3) is 0.273. The monoisotopic (exact) mass is 316 g/mol. The van der Waals surface area contributed by atoms with Crippen LogP contribution >= 0.6 is 15.9 Å². The van der Waals surface area contributed by atoms with Gasteiger partial charge in [-0.2, -0.15) is 0 Å². The van der Waals surface area contributed by atoms with E-state index in [1.165, 1.54) is 0 Å². The molecule has 1 aromatic rings. The minimum Gasteiger partial charge on any atom is -0.467 e. The number of ether oxygens (including phenoxy) is 1. The number of nitrogens with one attached hydrogen (secondary N) is 1. The normalized spacial score (nSPS) is 11.7. The Bertz CT molecular complexity index is 464. The summed E-state index contributed by atoms with van der Waals surface area (Å²) in [5, 5.41) is 11.7. The summed E-state index contributed by atoms with van der Waals surface area (Å²) in [5.41, 5.74) is 6.24. The van der Waals surface area contributed by atoms with Crippen molar-refractivity contribution < 1.29 is 19.4 Å². The number of hydrogen-bond acceptors (Lipinski definition) is 5. The molecular formula is C11H13BrN2O4. The fourth-order valence-electron chi connectivity index (χ4n) is 1.24. The molecule has 1 rings (SSSR count). The third-order valence-electron chi connectivity index (χ3n) is 2.19. The Morgan fingerprint density at radius 3 is 2.78 bits per heavy atom. The predicted octanol–water partition coefficient (Wildman–Crippen LogP) is 0.295. The van der Waals surface area contributed by atoms with Crippen molar-refractivity contribution in [3.63, 3.8) is 0 Å². The molecule has 0 saturated heterocycles. The SMILES string of the molecule is COC(=O)C(O)CNC(=O)c1ccc(Br)cc1N. The molecule has 4 N–H and O–H groups in total. The largest absolute Gasteiger partial charge is 0.467 e. The van der Waals surface area contributed by atoms with Crippen molar-refractivity contribution in [2.75, 3.05) is 19.4 Å². The second kappa shape index (κ2) is 6.36. The Kier molecular flexibility index (Phi) is 5.11. The van der Waals surface area contributed by atoms with E-state index in [9.17, 15) is 14.7 Å². The summed E-state index contributed by atoms with van der Waals surface area (Å²) in [6, 6.07) is 4.80. The molecule has 1 atom stereocenters. The van der Waals surface area contributed by atoms with Gasteiger partial charge in [-0.05, 0) is 18.2 Å². The van der Waals surface area contributed by atoms with E-state index in [-0.39, 0.29) is 12.1 Å². The van der Waals surface area contributed by atoms with Crippen molar-refractivity contribution in [3.05, 3.63) is 28.2 Å². The Morgan fingerprint density at radius 1 is 1.56 bits per heavy atom. The number of esters is 1. The maximum atomic E-state index is 11.7. The molecule has 0 heterocycles. The number of methoxy groups -OCH3 is 1. The van der Waals surface area contributed by atoms with E-state index in [1.807, 2.05) is 0 Å². The van der Waals surface area contributed by atoms with Crippen LogP contribution in [-0.4, -0.2) is 36.7 Å². The van der Waals surface area contributed by atoms with Crippen LogP contribution in [0.15, 0.2) is 22.7 Å². The molecule has 0 aliphatic carbocycles. The van der Waals surface area contributed by atoms with Gasteiger partial charge in [0, 0.05) is 10.2 Å². The molecule has 0 aromatic heterocycles. The molecule has 0 bridgehead atoms. The smallest absolute Gasteiger partial charge is 0.336 e. The van der Waals surface area contributed by atoms with Gasteiger partial charge < -0.3 is 20.9 Å². The maximum Gasteiger partial charge on any atom is 0.336 e. The van der Waals surface area contributed by atoms with Gasteiger partial charge in [0.1, 0.15) is 0 Å². The molecule has 1 unspecified atom stereocenters. The van der Waals surface area contributed by atoms with Crippen molar-refractivity contribution in [3.8, 4) is 0 Å². The van der Waals surface area contributed by atoms with E-state index in [0.717, 1.165) is 11.6 Å². The molecule has 1 amide bonds. The predicted molar refractivity (Wildman–Crippen MR) is 68.9 cm³/mol. The number of carbonyl (C=O) groups is 2. The maximum absolute atomic E-state index is 11.7. The molecular weight excluding hydrogens is 304 g/mol. The van der Waals surface area contributed by atoms with Crippen molar-refractivity contribution >= 4 is 33.5 Å². The Hall–Kier alpha value is -1.60. The first-order chi connectivity index (χ1) is 8.45. The van der Waals surface area contributed by atoms with Gasteiger partial charge in [-0.1, -0.05) is 15.9 Å². The Balaban J connectivity index is 2.63. The van der Waals surface area contributed by atoms with Gasteiger partial charge in [-0.15, -0.1) is 0 Å². The molecule has 0 saturated carbocycles. The van der Waals surface area contributed by atoms with Crippen molar-refractivity contribution in [1.29, 1.82) is 0 Å². The van der Waals surface area contributed by atoms with Crippen LogP contribution < -0.4 is 11.1 Å². The second-order valence-corrected chi connectivity index (χ2v) is 4.40. The number of halogens is 1. The first kappa shape index (κ1) is 14.5. The zero-order valence-electron chi connectivity index (χ0n) is 9.64. The van der Waals surface area contributed by atoms with Crippen molar-refractivity contribution in [2.24, 2.45) is 0 Å². The van der Waals surface area contributed by atoms with Crippen LogP contribution in [0, 0.1) is 0 Å². The molecule has 0 radical (unpaired) electrons. The summed E-state index contributed by atoms with van der Waals surface area (Å²) in [4.78, 5) is 22.6. The summed E-state index contributed by atoms with van der Waals surface area (Å²) < 4.78 is 5.07. The molecule has 6 nitrogen and oxygen atoms in total. The average molecular weight is 317 g/mol. The van der Waals surface area contributed by atoms with Crippen LogP contribution in [0.25, 0.3) is 0 Å². The summed E-state index contributed by atoms with van der Waals surface area (Å²) >= 11 is 3.22. The number of benzene rings is 1. The summed E-state index contributed by atoms with van der Waals surface area (Å²) in [6.07, 6.45) is -1.39. The number of hydrogen-bond donors (Lipinski definition) is 3. The number of aliphatic hydroxyl groups is 1. The van der Waals surface area contributed by atoms with Gasteiger partial charge in [0.2, 0.25) is 0 Å². The highest BCUT2D eigenvalue weighted by Crippen LogP contribution is 2.18. The quantitative estimate of drug-likeness (QED) is 0.547. The topological polar surface area (TPSA) is 102 Å². The van der Waals surface area contributed by atoms with E-state index in [0.29, 0.717) is 5.69 Å². The lowest BCUT2D eigenvalue weighted by atomic mass is 10.1. The number of anilines is 1. The number of amides is 1. The molecule has 18 heavy (non-hydrogen) atoms. The molecule has 98 valence electrons. The van der Waals surface area contributed by atoms with Crippen molar-refractivity contribution in [1.82, 2.24) is 5.32 Å². The fourth-order valence-corrected chi connectivity index (χ4v) is 1.62. The van der Waals surface area contributed by atoms with E-state index in [2.05, 4.69) is 26.0 Å². The third-order valence-corrected chi connectivity index (χ3v) is 2.68. The minimum atomic E-state index is -1.39. The van der Waals surface area contributed by atoms with Crippen LogP contribution in [0.2, 0.25) is 0 Å². The van der Waals surface area contributed by atoms with Crippen LogP contribution in [0.1, 0.15) is 10.4 Å². The Labute approximate surface area is 112 Å². The zero-order valence-corrected chi connectivity index (χ0v) is 11.2. The van der Waals surface area contributed by atoms with Crippen LogP contribution in [0.3, 0.4) is 0 Å². The molecule has 0 fully saturated rings. The number of carbonyl (C=O) groups excluding carboxylic acids is 2. The number of nitrogen functional groups attached to an aromatic ring is 1. The van der Waals surface area contributed by atoms with Crippen LogP contribution in [0.5, 0.6) is 0 Å². The summed E-state index contributed by atoms with van der Waals surface area (Å²) in [7, 11) is 1.15. The lowest BCUT2D eigenvalue weighted by Crippen LogP contribution is -2.37. The lowest BCUT2D eigenvalue weighted by Gasteiger charge is -2.11. The minimum absolute atomic E-state index is 0.235. The highest BCUT2D eigenvalue weighted by Gasteiger charge is 2.17. The van der Waals surface area contributed by atoms with Gasteiger partial charge in [0.05, 0.1) is 19.2 Å². The van der Waals surface area contributed by atoms with E-state index < -0.39 is 18.0 Å². The zero-order chi connectivity index (χ0) is 13.7. The van der Waals surface area contributed by atoms with Gasteiger partial charge in [0.25, 0.3) is 5.91 Å². The van der Waals surface area contributed by atoms with Crippen LogP contribution in [0.4, 0.5) is 5.69 Å². The standard InChI is InChI=1S/C11H13BrN2O4/c1-18-11(17)9(15)5-14-10(16)7-3-2-6(12)4-8(7)13/h2-4,9,15H,5,13H2,1H3,(H,14,16). The van der Waals surface area contributed by atoms with Crippen LogP contribution in [-0.2, 0) is 9.53 Å².